The second kappa shape index (κ2) is 9.60. The molecule has 2 aromatic carbocycles. The van der Waals surface area contributed by atoms with Gasteiger partial charge in [-0.15, -0.1) is 0 Å². The number of carbonyl (C=O) groups is 1. The van der Waals surface area contributed by atoms with Crippen molar-refractivity contribution in [3.8, 4) is 11.5 Å². The van der Waals surface area contributed by atoms with Gasteiger partial charge in [-0.2, -0.15) is 0 Å². The number of amides is 1. The van der Waals surface area contributed by atoms with Crippen LogP contribution in [-0.4, -0.2) is 39.8 Å². The maximum atomic E-state index is 13.2. The predicted molar refractivity (Wildman–Crippen MR) is 121 cm³/mol. The van der Waals surface area contributed by atoms with Crippen LogP contribution in [0.3, 0.4) is 0 Å². The fourth-order valence-electron chi connectivity index (χ4n) is 3.71. The summed E-state index contributed by atoms with van der Waals surface area (Å²) in [5.41, 5.74) is 1.34. The van der Waals surface area contributed by atoms with Crippen LogP contribution in [0.2, 0.25) is 0 Å². The number of sulfonamides is 1. The van der Waals surface area contributed by atoms with Crippen molar-refractivity contribution in [2.24, 2.45) is 5.92 Å². The molecule has 31 heavy (non-hydrogen) atoms. The highest BCUT2D eigenvalue weighted by Gasteiger charge is 2.31. The Morgan fingerprint density at radius 1 is 1.03 bits per heavy atom. The molecule has 2 aromatic rings. The number of nitrogens with zero attached hydrogens (tertiary/aromatic N) is 1. The highest BCUT2D eigenvalue weighted by Crippen LogP contribution is 2.35. The molecule has 0 fully saturated rings. The molecule has 1 amide bonds. The number of carbonyl (C=O) groups excluding carboxylic acids is 1. The van der Waals surface area contributed by atoms with Crippen molar-refractivity contribution in [2.45, 2.75) is 39.3 Å². The Kier molecular flexibility index (Phi) is 7.10. The zero-order valence-electron chi connectivity index (χ0n) is 18.4. The molecule has 7 nitrogen and oxygen atoms in total. The lowest BCUT2D eigenvalue weighted by atomic mass is 9.96. The van der Waals surface area contributed by atoms with Crippen LogP contribution in [0.4, 0.5) is 5.69 Å². The number of benzene rings is 2. The van der Waals surface area contributed by atoms with Crippen LogP contribution >= 0.6 is 0 Å². The lowest BCUT2D eigenvalue weighted by Gasteiger charge is -2.31. The van der Waals surface area contributed by atoms with E-state index in [0.29, 0.717) is 36.3 Å². The van der Waals surface area contributed by atoms with Gasteiger partial charge in [0.15, 0.2) is 11.5 Å². The van der Waals surface area contributed by atoms with E-state index in [0.717, 1.165) is 22.5 Å². The molecule has 0 aromatic heterocycles. The first-order valence-electron chi connectivity index (χ1n) is 10.4. The predicted octanol–water partition coefficient (Wildman–Crippen LogP) is 3.52. The number of hydrogen-bond acceptors (Lipinski definition) is 5. The first-order valence-corrected chi connectivity index (χ1v) is 12.3. The van der Waals surface area contributed by atoms with Crippen LogP contribution in [-0.2, 0) is 14.8 Å². The smallest absolute Gasteiger partial charge is 0.244 e. The molecule has 0 saturated carbocycles. The van der Waals surface area contributed by atoms with E-state index in [1.54, 1.807) is 25.1 Å². The van der Waals surface area contributed by atoms with Gasteiger partial charge < -0.3 is 14.8 Å². The van der Waals surface area contributed by atoms with Gasteiger partial charge in [-0.05, 0) is 37.0 Å². The van der Waals surface area contributed by atoms with Crippen molar-refractivity contribution in [1.82, 2.24) is 5.32 Å². The molecule has 168 valence electrons. The van der Waals surface area contributed by atoms with E-state index in [1.165, 1.54) is 0 Å². The Morgan fingerprint density at radius 2 is 1.68 bits per heavy atom. The van der Waals surface area contributed by atoms with Gasteiger partial charge in [-0.25, -0.2) is 8.42 Å². The van der Waals surface area contributed by atoms with Crippen molar-refractivity contribution < 1.29 is 22.7 Å². The molecule has 2 atom stereocenters. The largest absolute Gasteiger partial charge is 0.486 e. The molecular formula is C23H30N2O5S. The molecule has 0 bridgehead atoms. The topological polar surface area (TPSA) is 84.9 Å². The van der Waals surface area contributed by atoms with Crippen molar-refractivity contribution in [3.05, 3.63) is 54.1 Å². The van der Waals surface area contributed by atoms with Crippen LogP contribution in [0.1, 0.15) is 38.8 Å². The van der Waals surface area contributed by atoms with Gasteiger partial charge in [0.05, 0.1) is 18.0 Å². The number of hydrogen-bond donors (Lipinski definition) is 1. The summed E-state index contributed by atoms with van der Waals surface area (Å²) in [5.74, 6) is 1.01. The van der Waals surface area contributed by atoms with Crippen molar-refractivity contribution in [2.75, 3.05) is 23.8 Å². The number of fused-ring (bicyclic) bond motifs is 1. The number of rotatable bonds is 8. The van der Waals surface area contributed by atoms with Crippen LogP contribution < -0.4 is 19.1 Å². The first kappa shape index (κ1) is 22.9. The van der Waals surface area contributed by atoms with E-state index in [-0.39, 0.29) is 11.9 Å². The van der Waals surface area contributed by atoms with Crippen LogP contribution in [0.5, 0.6) is 11.5 Å². The highest BCUT2D eigenvalue weighted by molar-refractivity contribution is 7.92. The lowest BCUT2D eigenvalue weighted by molar-refractivity contribution is -0.122. The molecule has 0 unspecified atom stereocenters. The molecule has 1 aliphatic heterocycles. The summed E-state index contributed by atoms with van der Waals surface area (Å²) in [6, 6.07) is 13.4. The van der Waals surface area contributed by atoms with Gasteiger partial charge >= 0.3 is 0 Å². The second-order valence-corrected chi connectivity index (χ2v) is 10.0. The van der Waals surface area contributed by atoms with E-state index >= 15 is 0 Å². The summed E-state index contributed by atoms with van der Waals surface area (Å²) >= 11 is 0. The third kappa shape index (κ3) is 5.70. The van der Waals surface area contributed by atoms with E-state index in [2.05, 4.69) is 19.2 Å². The van der Waals surface area contributed by atoms with Gasteiger partial charge in [0, 0.05) is 6.07 Å². The molecule has 1 heterocycles. The third-order valence-electron chi connectivity index (χ3n) is 5.09. The molecule has 0 spiro atoms. The van der Waals surface area contributed by atoms with Crippen LogP contribution in [0.25, 0.3) is 0 Å². The van der Waals surface area contributed by atoms with Gasteiger partial charge in [-0.3, -0.25) is 9.10 Å². The molecule has 0 radical (unpaired) electrons. The standard InChI is InChI=1S/C23H30N2O5S/c1-16(2)14-20(18-8-6-5-7-9-18)24-23(26)17(3)25(31(4,27)28)19-10-11-21-22(15-19)30-13-12-29-21/h5-11,15-17,20H,12-14H2,1-4H3,(H,24,26)/t17-,20+/m0/s1. The zero-order valence-corrected chi connectivity index (χ0v) is 19.2. The Hall–Kier alpha value is -2.74. The van der Waals surface area contributed by atoms with Crippen molar-refractivity contribution >= 4 is 21.6 Å². The first-order chi connectivity index (χ1) is 14.7. The molecule has 0 aliphatic carbocycles. The Morgan fingerprint density at radius 3 is 2.29 bits per heavy atom. The molecule has 8 heteroatoms. The minimum atomic E-state index is -3.74. The summed E-state index contributed by atoms with van der Waals surface area (Å²) in [6.45, 7) is 6.59. The SMILES string of the molecule is CC(C)C[C@@H](NC(=O)[C@H](C)N(c1ccc2c(c1)OCCO2)S(C)(=O)=O)c1ccccc1. The summed E-state index contributed by atoms with van der Waals surface area (Å²) in [6.07, 6.45) is 1.84. The zero-order chi connectivity index (χ0) is 22.6. The van der Waals surface area contributed by atoms with Gasteiger partial charge in [0.1, 0.15) is 19.3 Å². The van der Waals surface area contributed by atoms with Crippen LogP contribution in [0.15, 0.2) is 48.5 Å². The minimum Gasteiger partial charge on any atom is -0.486 e. The Labute approximate surface area is 184 Å². The fourth-order valence-corrected chi connectivity index (χ4v) is 4.87. The summed E-state index contributed by atoms with van der Waals surface area (Å²) in [4.78, 5) is 13.2. The molecule has 0 saturated heterocycles. The maximum Gasteiger partial charge on any atom is 0.244 e. The summed E-state index contributed by atoms with van der Waals surface area (Å²) in [7, 11) is -3.74. The molecule has 1 N–H and O–H groups in total. The summed E-state index contributed by atoms with van der Waals surface area (Å²) < 4.78 is 37.5. The quantitative estimate of drug-likeness (QED) is 0.671. The van der Waals surface area contributed by atoms with Gasteiger partial charge in [0.2, 0.25) is 15.9 Å². The highest BCUT2D eigenvalue weighted by atomic mass is 32.2. The van der Waals surface area contributed by atoms with E-state index in [9.17, 15) is 13.2 Å². The third-order valence-corrected chi connectivity index (χ3v) is 6.34. The van der Waals surface area contributed by atoms with Crippen LogP contribution in [0, 0.1) is 5.92 Å². The van der Waals surface area contributed by atoms with Crippen molar-refractivity contribution in [3.63, 3.8) is 0 Å². The number of nitrogens with one attached hydrogen (secondary N) is 1. The molecule has 1 aliphatic rings. The second-order valence-electron chi connectivity index (χ2n) is 8.16. The summed E-state index contributed by atoms with van der Waals surface area (Å²) in [5, 5.41) is 3.05. The maximum absolute atomic E-state index is 13.2. The van der Waals surface area contributed by atoms with E-state index < -0.39 is 16.1 Å². The Bertz CT molecular complexity index is 1010. The molecular weight excluding hydrogens is 416 g/mol. The van der Waals surface area contributed by atoms with E-state index in [4.69, 9.17) is 9.47 Å². The van der Waals surface area contributed by atoms with Crippen molar-refractivity contribution in [1.29, 1.82) is 0 Å². The molecule has 3 rings (SSSR count). The Balaban J connectivity index is 1.87. The minimum absolute atomic E-state index is 0.210. The lowest BCUT2D eigenvalue weighted by Crippen LogP contribution is -2.48. The average molecular weight is 447 g/mol. The number of anilines is 1. The average Bonchev–Trinajstić information content (AvgIpc) is 2.72. The fraction of sp³-hybridized carbons (Fsp3) is 0.435. The number of ether oxygens (including phenoxy) is 2. The van der Waals surface area contributed by atoms with Gasteiger partial charge in [-0.1, -0.05) is 44.2 Å². The normalized spacial score (nSPS) is 15.3. The monoisotopic (exact) mass is 446 g/mol. The van der Waals surface area contributed by atoms with Gasteiger partial charge in [0.25, 0.3) is 0 Å². The van der Waals surface area contributed by atoms with E-state index in [1.807, 2.05) is 30.3 Å².